The molecule has 0 N–H and O–H groups in total. The van der Waals surface area contributed by atoms with Crippen LogP contribution in [0.1, 0.15) is 0 Å². The van der Waals surface area contributed by atoms with Gasteiger partial charge in [0, 0.05) is 0 Å². The summed E-state index contributed by atoms with van der Waals surface area (Å²) in [5, 5.41) is 0. The summed E-state index contributed by atoms with van der Waals surface area (Å²) in [5.41, 5.74) is 1.04. The number of para-hydroxylation sites is 1. The van der Waals surface area contributed by atoms with Crippen LogP contribution in [0, 0.1) is 0 Å². The van der Waals surface area contributed by atoms with Gasteiger partial charge < -0.3 is 0 Å². The molecule has 0 bridgehead atoms. The Morgan fingerprint density at radius 1 is 1.38 bits per heavy atom. The maximum absolute atomic E-state index is 5.34. The van der Waals surface area contributed by atoms with Crippen LogP contribution in [-0.4, -0.2) is 26.6 Å². The van der Waals surface area contributed by atoms with Gasteiger partial charge in [0.1, 0.15) is 0 Å². The molecule has 0 aliphatic carbocycles. The Kier molecular flexibility index (Phi) is 3.65. The van der Waals surface area contributed by atoms with Crippen molar-refractivity contribution >= 4 is 19.4 Å². The van der Waals surface area contributed by atoms with Crippen LogP contribution >= 0.6 is 0 Å². The topological polar surface area (TPSA) is 18.0 Å². The van der Waals surface area contributed by atoms with Crippen molar-refractivity contribution in [1.29, 1.82) is 0 Å². The summed E-state index contributed by atoms with van der Waals surface area (Å²) in [5.74, 6) is 0.999. The molecule has 0 unspecified atom stereocenters. The molecule has 0 saturated heterocycles. The van der Waals surface area contributed by atoms with E-state index in [2.05, 4.69) is 40.0 Å². The van der Waals surface area contributed by atoms with Gasteiger partial charge in [-0.3, -0.25) is 0 Å². The van der Waals surface area contributed by atoms with Crippen molar-refractivity contribution in [2.75, 3.05) is 7.11 Å². The number of imidazole rings is 1. The summed E-state index contributed by atoms with van der Waals surface area (Å²) in [6.45, 7) is 0. The van der Waals surface area contributed by atoms with Gasteiger partial charge in [-0.05, 0) is 0 Å². The van der Waals surface area contributed by atoms with Crippen molar-refractivity contribution < 1.29 is 9.30 Å². The van der Waals surface area contributed by atoms with Crippen LogP contribution in [0.2, 0.25) is 0 Å². The van der Waals surface area contributed by atoms with Crippen molar-refractivity contribution in [3.8, 4) is 5.75 Å². The number of ether oxygens (including phenoxy) is 1. The molecule has 0 atom stereocenters. The molecule has 0 aliphatic rings. The second-order valence-corrected chi connectivity index (χ2v) is 5.59. The van der Waals surface area contributed by atoms with Crippen LogP contribution in [0.3, 0.4) is 0 Å². The Balaban J connectivity index is 2.04. The fourth-order valence-corrected chi connectivity index (χ4v) is 3.37. The van der Waals surface area contributed by atoms with Gasteiger partial charge in [0.2, 0.25) is 0 Å². The second-order valence-electron chi connectivity index (χ2n) is 3.52. The standard InChI is InChI=1S/C12H15N2OSe/c1-13-7-8-14(9-13)10-16-12-6-4-3-5-11(12)15-2/h3-9H,10H2,1-2H3/q+1. The third-order valence-electron chi connectivity index (χ3n) is 2.26. The Morgan fingerprint density at radius 3 is 2.88 bits per heavy atom. The summed E-state index contributed by atoms with van der Waals surface area (Å²) in [6, 6.07) is 8.23. The molecular weight excluding hydrogens is 267 g/mol. The van der Waals surface area contributed by atoms with Crippen molar-refractivity contribution in [3.63, 3.8) is 0 Å². The molecule has 84 valence electrons. The molecule has 0 fully saturated rings. The quantitative estimate of drug-likeness (QED) is 0.583. The molecule has 3 nitrogen and oxygen atoms in total. The molecule has 0 radical (unpaired) electrons. The molecule has 16 heavy (non-hydrogen) atoms. The van der Waals surface area contributed by atoms with Crippen LogP contribution in [-0.2, 0) is 12.5 Å². The van der Waals surface area contributed by atoms with Crippen molar-refractivity contribution in [2.45, 2.75) is 5.44 Å². The average Bonchev–Trinajstić information content (AvgIpc) is 2.73. The number of aryl methyl sites for hydroxylation is 1. The van der Waals surface area contributed by atoms with Gasteiger partial charge in [-0.1, -0.05) is 0 Å². The summed E-state index contributed by atoms with van der Waals surface area (Å²) in [6.07, 6.45) is 6.24. The van der Waals surface area contributed by atoms with E-state index in [1.54, 1.807) is 7.11 Å². The summed E-state index contributed by atoms with van der Waals surface area (Å²) < 4.78 is 10.9. The molecule has 2 aromatic rings. The molecule has 1 aromatic heterocycles. The second kappa shape index (κ2) is 5.19. The Labute approximate surface area is 102 Å². The van der Waals surface area contributed by atoms with Gasteiger partial charge in [-0.15, -0.1) is 0 Å². The summed E-state index contributed by atoms with van der Waals surface area (Å²) in [7, 11) is 3.76. The van der Waals surface area contributed by atoms with Crippen molar-refractivity contribution in [2.24, 2.45) is 7.05 Å². The van der Waals surface area contributed by atoms with E-state index >= 15 is 0 Å². The van der Waals surface area contributed by atoms with E-state index in [0.29, 0.717) is 15.0 Å². The zero-order chi connectivity index (χ0) is 11.4. The van der Waals surface area contributed by atoms with Gasteiger partial charge in [-0.25, -0.2) is 0 Å². The van der Waals surface area contributed by atoms with Gasteiger partial charge >= 0.3 is 102 Å². The van der Waals surface area contributed by atoms with Crippen LogP contribution < -0.4 is 13.8 Å². The van der Waals surface area contributed by atoms with E-state index in [1.165, 1.54) is 4.46 Å². The predicted octanol–water partition coefficient (Wildman–Crippen LogP) is 0.308. The first-order chi connectivity index (χ1) is 7.79. The molecule has 1 heterocycles. The van der Waals surface area contributed by atoms with E-state index in [4.69, 9.17) is 4.74 Å². The normalized spacial score (nSPS) is 10.4. The molecule has 0 saturated carbocycles. The minimum atomic E-state index is 0.401. The fourth-order valence-electron chi connectivity index (χ4n) is 1.46. The number of rotatable bonds is 4. The number of methoxy groups -OCH3 is 1. The zero-order valence-electron chi connectivity index (χ0n) is 9.46. The predicted molar refractivity (Wildman–Crippen MR) is 64.0 cm³/mol. The van der Waals surface area contributed by atoms with Gasteiger partial charge in [-0.2, -0.15) is 0 Å². The number of benzene rings is 1. The fraction of sp³-hybridized carbons (Fsp3) is 0.250. The third-order valence-corrected chi connectivity index (χ3v) is 4.52. The number of hydrogen-bond acceptors (Lipinski definition) is 1. The minimum absolute atomic E-state index is 0.401. The molecule has 0 amide bonds. The molecule has 2 rings (SSSR count). The van der Waals surface area contributed by atoms with Gasteiger partial charge in [0.05, 0.1) is 0 Å². The van der Waals surface area contributed by atoms with E-state index in [-0.39, 0.29) is 0 Å². The summed E-state index contributed by atoms with van der Waals surface area (Å²) in [4.78, 5) is 0. The van der Waals surface area contributed by atoms with E-state index in [0.717, 1.165) is 11.2 Å². The van der Waals surface area contributed by atoms with Crippen molar-refractivity contribution in [1.82, 2.24) is 4.57 Å². The van der Waals surface area contributed by atoms with Gasteiger partial charge in [0.15, 0.2) is 0 Å². The molecule has 1 aromatic carbocycles. The zero-order valence-corrected chi connectivity index (χ0v) is 11.2. The first kappa shape index (κ1) is 11.2. The Bertz CT molecular complexity index is 468. The third kappa shape index (κ3) is 2.65. The average molecular weight is 282 g/mol. The molecule has 4 heteroatoms. The monoisotopic (exact) mass is 283 g/mol. The molecule has 0 aliphatic heterocycles. The van der Waals surface area contributed by atoms with Gasteiger partial charge in [0.25, 0.3) is 0 Å². The number of aromatic nitrogens is 2. The summed E-state index contributed by atoms with van der Waals surface area (Å²) >= 11 is 0.401. The van der Waals surface area contributed by atoms with Crippen LogP contribution in [0.5, 0.6) is 5.75 Å². The van der Waals surface area contributed by atoms with Crippen molar-refractivity contribution in [3.05, 3.63) is 43.0 Å². The Hall–Kier alpha value is -1.25. The first-order valence-corrected chi connectivity index (χ1v) is 7.13. The van der Waals surface area contributed by atoms with E-state index in [9.17, 15) is 0 Å². The molecular formula is C12H15N2OSe+. The van der Waals surface area contributed by atoms with E-state index < -0.39 is 0 Å². The van der Waals surface area contributed by atoms with E-state index in [1.807, 2.05) is 19.2 Å². The maximum atomic E-state index is 5.34. The van der Waals surface area contributed by atoms with Crippen LogP contribution in [0.15, 0.2) is 43.0 Å². The Morgan fingerprint density at radius 2 is 2.19 bits per heavy atom. The first-order valence-electron chi connectivity index (χ1n) is 5.06. The SMILES string of the molecule is COc1ccccc1[Se]Cn1cc[n+](C)c1. The molecule has 0 spiro atoms. The van der Waals surface area contributed by atoms with Crippen LogP contribution in [0.25, 0.3) is 0 Å². The number of nitrogens with zero attached hydrogens (tertiary/aromatic N) is 2. The van der Waals surface area contributed by atoms with Crippen LogP contribution in [0.4, 0.5) is 0 Å². The number of hydrogen-bond donors (Lipinski definition) is 0.